The molecular formula is C19H22N2O4S. The maximum Gasteiger partial charge on any atom is 0.350 e. The third kappa shape index (κ3) is 4.05. The molecule has 1 saturated heterocycles. The highest BCUT2D eigenvalue weighted by Crippen LogP contribution is 2.31. The first-order valence-corrected chi connectivity index (χ1v) is 9.43. The van der Waals surface area contributed by atoms with Crippen molar-refractivity contribution in [3.8, 4) is 0 Å². The maximum atomic E-state index is 12.5. The number of piperidine rings is 1. The molecule has 2 amide bonds. The lowest BCUT2D eigenvalue weighted by molar-refractivity contribution is 0.0607. The van der Waals surface area contributed by atoms with Crippen LogP contribution in [0.25, 0.3) is 0 Å². The number of hydrogen-bond donors (Lipinski definition) is 2. The van der Waals surface area contributed by atoms with Gasteiger partial charge in [0.15, 0.2) is 0 Å². The highest BCUT2D eigenvalue weighted by atomic mass is 32.1. The Morgan fingerprint density at radius 3 is 2.58 bits per heavy atom. The average Bonchev–Trinajstić information content (AvgIpc) is 3.15. The van der Waals surface area contributed by atoms with Gasteiger partial charge in [0.2, 0.25) is 0 Å². The highest BCUT2D eigenvalue weighted by Gasteiger charge is 2.28. The van der Waals surface area contributed by atoms with E-state index >= 15 is 0 Å². The van der Waals surface area contributed by atoms with Crippen LogP contribution in [0.1, 0.15) is 34.2 Å². The number of nitrogens with one attached hydrogen (secondary N) is 1. The van der Waals surface area contributed by atoms with Gasteiger partial charge in [0.1, 0.15) is 4.88 Å². The van der Waals surface area contributed by atoms with Gasteiger partial charge < -0.3 is 20.1 Å². The van der Waals surface area contributed by atoms with Crippen molar-refractivity contribution in [1.29, 1.82) is 0 Å². The number of thiophene rings is 1. The van der Waals surface area contributed by atoms with Crippen molar-refractivity contribution in [3.05, 3.63) is 52.2 Å². The Kier molecular flexibility index (Phi) is 5.90. The van der Waals surface area contributed by atoms with Gasteiger partial charge in [-0.15, -0.1) is 11.3 Å². The molecule has 2 heterocycles. The van der Waals surface area contributed by atoms with Crippen LogP contribution in [0.4, 0.5) is 10.5 Å². The van der Waals surface area contributed by atoms with E-state index in [-0.39, 0.29) is 11.9 Å². The molecule has 1 aromatic heterocycles. The van der Waals surface area contributed by atoms with E-state index in [9.17, 15) is 14.7 Å². The molecule has 1 atom stereocenters. The van der Waals surface area contributed by atoms with Crippen molar-refractivity contribution >= 4 is 29.0 Å². The third-order valence-corrected chi connectivity index (χ3v) is 5.59. The van der Waals surface area contributed by atoms with Crippen LogP contribution in [-0.4, -0.2) is 42.2 Å². The molecule has 26 heavy (non-hydrogen) atoms. The molecule has 2 aromatic rings. The molecule has 1 aliphatic rings. The Balaban J connectivity index is 1.56. The minimum absolute atomic E-state index is 0.133. The van der Waals surface area contributed by atoms with E-state index in [1.54, 1.807) is 16.3 Å². The number of benzene rings is 1. The van der Waals surface area contributed by atoms with Crippen LogP contribution in [0.5, 0.6) is 0 Å². The Morgan fingerprint density at radius 1 is 1.23 bits per heavy atom. The summed E-state index contributed by atoms with van der Waals surface area (Å²) in [5.41, 5.74) is 1.38. The second-order valence-corrected chi connectivity index (χ2v) is 7.18. The second kappa shape index (κ2) is 8.33. The van der Waals surface area contributed by atoms with Crippen molar-refractivity contribution in [2.75, 3.05) is 25.5 Å². The Labute approximate surface area is 156 Å². The first-order chi connectivity index (χ1) is 12.6. The summed E-state index contributed by atoms with van der Waals surface area (Å²) in [5, 5.41) is 15.1. The number of nitrogens with zero attached hydrogens (tertiary/aromatic N) is 1. The normalized spacial score (nSPS) is 16.2. The molecule has 1 fully saturated rings. The van der Waals surface area contributed by atoms with Crippen LogP contribution in [0.15, 0.2) is 41.8 Å². The maximum absolute atomic E-state index is 12.5. The second-order valence-electron chi connectivity index (χ2n) is 6.27. The molecule has 0 aliphatic carbocycles. The van der Waals surface area contributed by atoms with Gasteiger partial charge in [-0.3, -0.25) is 0 Å². The SMILES string of the molecule is COC(=O)c1sccc1NC(=O)N1CCC([C@@H](O)c2ccccc2)CC1. The molecule has 0 radical (unpaired) electrons. The Bertz CT molecular complexity index is 754. The van der Waals surface area contributed by atoms with Crippen LogP contribution >= 0.6 is 11.3 Å². The van der Waals surface area contributed by atoms with Crippen molar-refractivity contribution in [2.45, 2.75) is 18.9 Å². The van der Waals surface area contributed by atoms with Gasteiger partial charge in [-0.1, -0.05) is 30.3 Å². The minimum Gasteiger partial charge on any atom is -0.465 e. The fourth-order valence-electron chi connectivity index (χ4n) is 3.19. The van der Waals surface area contributed by atoms with Crippen molar-refractivity contribution in [2.24, 2.45) is 5.92 Å². The van der Waals surface area contributed by atoms with Gasteiger partial charge in [-0.05, 0) is 35.8 Å². The number of anilines is 1. The number of carbonyl (C=O) groups is 2. The van der Waals surface area contributed by atoms with Gasteiger partial charge >= 0.3 is 12.0 Å². The van der Waals surface area contributed by atoms with Gasteiger partial charge in [0.05, 0.1) is 18.9 Å². The number of carbonyl (C=O) groups excluding carboxylic acids is 2. The van der Waals surface area contributed by atoms with Gasteiger partial charge in [0, 0.05) is 13.1 Å². The van der Waals surface area contributed by atoms with Crippen molar-refractivity contribution in [3.63, 3.8) is 0 Å². The summed E-state index contributed by atoms with van der Waals surface area (Å²) in [6.45, 7) is 1.14. The number of methoxy groups -OCH3 is 1. The minimum atomic E-state index is -0.510. The number of urea groups is 1. The van der Waals surface area contributed by atoms with Crippen LogP contribution < -0.4 is 5.32 Å². The summed E-state index contributed by atoms with van der Waals surface area (Å²) in [4.78, 5) is 26.3. The van der Waals surface area contributed by atoms with E-state index in [4.69, 9.17) is 4.74 Å². The zero-order valence-electron chi connectivity index (χ0n) is 14.6. The summed E-state index contributed by atoms with van der Waals surface area (Å²) >= 11 is 1.23. The molecule has 6 nitrogen and oxygen atoms in total. The Hall–Kier alpha value is -2.38. The predicted molar refractivity (Wildman–Crippen MR) is 100 cm³/mol. The summed E-state index contributed by atoms with van der Waals surface area (Å²) < 4.78 is 4.72. The largest absolute Gasteiger partial charge is 0.465 e. The Morgan fingerprint density at radius 2 is 1.92 bits per heavy atom. The lowest BCUT2D eigenvalue weighted by Gasteiger charge is -2.34. The summed E-state index contributed by atoms with van der Waals surface area (Å²) in [6.07, 6.45) is 0.956. The van der Waals surface area contributed by atoms with Gasteiger partial charge in [0.25, 0.3) is 0 Å². The molecule has 2 N–H and O–H groups in total. The predicted octanol–water partition coefficient (Wildman–Crippen LogP) is 3.51. The molecule has 0 saturated carbocycles. The van der Waals surface area contributed by atoms with E-state index in [0.717, 1.165) is 18.4 Å². The number of aliphatic hydroxyl groups is 1. The summed E-state index contributed by atoms with van der Waals surface area (Å²) in [5.74, 6) is -0.326. The highest BCUT2D eigenvalue weighted by molar-refractivity contribution is 7.12. The number of likely N-dealkylation sites (tertiary alicyclic amines) is 1. The average molecular weight is 374 g/mol. The quantitative estimate of drug-likeness (QED) is 0.803. The van der Waals surface area contributed by atoms with Crippen LogP contribution in [0.2, 0.25) is 0 Å². The van der Waals surface area contributed by atoms with Gasteiger partial charge in [-0.2, -0.15) is 0 Å². The fourth-order valence-corrected chi connectivity index (χ4v) is 3.96. The van der Waals surface area contributed by atoms with Crippen molar-refractivity contribution in [1.82, 2.24) is 4.90 Å². The number of ether oxygens (including phenoxy) is 1. The van der Waals surface area contributed by atoms with Crippen LogP contribution in [-0.2, 0) is 4.74 Å². The molecule has 3 rings (SSSR count). The molecule has 0 unspecified atom stereocenters. The molecule has 7 heteroatoms. The zero-order chi connectivity index (χ0) is 18.5. The number of rotatable bonds is 4. The van der Waals surface area contributed by atoms with E-state index in [1.807, 2.05) is 30.3 Å². The van der Waals surface area contributed by atoms with E-state index in [1.165, 1.54) is 18.4 Å². The standard InChI is InChI=1S/C19H22N2O4S/c1-25-18(23)17-15(9-12-26-17)20-19(24)21-10-7-14(8-11-21)16(22)13-5-3-2-4-6-13/h2-6,9,12,14,16,22H,7-8,10-11H2,1H3,(H,20,24)/t16-/m0/s1. The number of amides is 2. The van der Waals surface area contributed by atoms with Crippen molar-refractivity contribution < 1.29 is 19.4 Å². The first-order valence-electron chi connectivity index (χ1n) is 8.55. The smallest absolute Gasteiger partial charge is 0.350 e. The third-order valence-electron chi connectivity index (χ3n) is 4.69. The molecular weight excluding hydrogens is 352 g/mol. The van der Waals surface area contributed by atoms with Crippen LogP contribution in [0, 0.1) is 5.92 Å². The van der Waals surface area contributed by atoms with Crippen LogP contribution in [0.3, 0.4) is 0 Å². The monoisotopic (exact) mass is 374 g/mol. The number of esters is 1. The summed E-state index contributed by atoms with van der Waals surface area (Å²) in [7, 11) is 1.32. The molecule has 1 aromatic carbocycles. The molecule has 0 spiro atoms. The summed E-state index contributed by atoms with van der Waals surface area (Å²) in [6, 6.07) is 11.1. The first kappa shape index (κ1) is 18.4. The number of aliphatic hydroxyl groups excluding tert-OH is 1. The fraction of sp³-hybridized carbons (Fsp3) is 0.368. The number of hydrogen-bond acceptors (Lipinski definition) is 5. The zero-order valence-corrected chi connectivity index (χ0v) is 15.4. The van der Waals surface area contributed by atoms with E-state index < -0.39 is 12.1 Å². The van der Waals surface area contributed by atoms with Gasteiger partial charge in [-0.25, -0.2) is 9.59 Å². The van der Waals surface area contributed by atoms with E-state index in [2.05, 4.69) is 5.32 Å². The molecule has 1 aliphatic heterocycles. The topological polar surface area (TPSA) is 78.9 Å². The lowest BCUT2D eigenvalue weighted by Crippen LogP contribution is -2.42. The lowest BCUT2D eigenvalue weighted by atomic mass is 9.87. The molecule has 0 bridgehead atoms. The van der Waals surface area contributed by atoms with E-state index in [0.29, 0.717) is 23.7 Å². The molecule has 138 valence electrons.